The molecule has 2 N–H and O–H groups in total. The summed E-state index contributed by atoms with van der Waals surface area (Å²) in [4.78, 5) is 24.6. The number of urea groups is 1. The van der Waals surface area contributed by atoms with E-state index in [1.807, 2.05) is 24.3 Å². The fraction of sp³-hybridized carbons (Fsp3) is 0.444. The van der Waals surface area contributed by atoms with Crippen molar-refractivity contribution < 1.29 is 19.1 Å². The predicted molar refractivity (Wildman–Crippen MR) is 88.5 cm³/mol. The van der Waals surface area contributed by atoms with Gasteiger partial charge in [-0.25, -0.2) is 9.59 Å². The van der Waals surface area contributed by atoms with Gasteiger partial charge in [-0.1, -0.05) is 12.1 Å². The first kappa shape index (κ1) is 16.4. The molecule has 0 aromatic heterocycles. The number of rotatable bonds is 4. The number of hydrogen-bond donors (Lipinski definition) is 2. The number of esters is 1. The number of hydrogen-bond acceptors (Lipinski definition) is 4. The van der Waals surface area contributed by atoms with E-state index in [-0.39, 0.29) is 18.1 Å². The lowest BCUT2D eigenvalue weighted by atomic mass is 9.95. The average molecular weight is 330 g/mol. The molecule has 1 fully saturated rings. The fourth-order valence-corrected chi connectivity index (χ4v) is 3.26. The summed E-state index contributed by atoms with van der Waals surface area (Å²) >= 11 is 0. The summed E-state index contributed by atoms with van der Waals surface area (Å²) in [6.45, 7) is 1.72. The van der Waals surface area contributed by atoms with Crippen LogP contribution in [-0.2, 0) is 9.53 Å². The van der Waals surface area contributed by atoms with Crippen LogP contribution in [0.3, 0.4) is 0 Å². The molecule has 1 aliphatic carbocycles. The van der Waals surface area contributed by atoms with Gasteiger partial charge >= 0.3 is 12.0 Å². The van der Waals surface area contributed by atoms with Crippen LogP contribution in [0.25, 0.3) is 0 Å². The van der Waals surface area contributed by atoms with Crippen LogP contribution in [0.5, 0.6) is 5.75 Å². The Labute approximate surface area is 141 Å². The number of carbonyl (C=O) groups is 2. The lowest BCUT2D eigenvalue weighted by Crippen LogP contribution is -2.45. The second-order valence-electron chi connectivity index (χ2n) is 6.16. The Balaban J connectivity index is 1.90. The Kier molecular flexibility index (Phi) is 4.74. The van der Waals surface area contributed by atoms with Gasteiger partial charge in [0.2, 0.25) is 0 Å². The third-order valence-corrected chi connectivity index (χ3v) is 4.49. The molecule has 2 aliphatic rings. The first-order valence-corrected chi connectivity index (χ1v) is 8.21. The second-order valence-corrected chi connectivity index (χ2v) is 6.16. The summed E-state index contributed by atoms with van der Waals surface area (Å²) < 4.78 is 10.9. The number of nitrogens with one attached hydrogen (secondary N) is 2. The number of benzene rings is 1. The van der Waals surface area contributed by atoms with Crippen LogP contribution >= 0.6 is 0 Å². The van der Waals surface area contributed by atoms with Crippen LogP contribution in [0.1, 0.15) is 44.2 Å². The van der Waals surface area contributed by atoms with E-state index in [0.717, 1.165) is 31.2 Å². The van der Waals surface area contributed by atoms with Crippen molar-refractivity contribution in [1.29, 1.82) is 0 Å². The van der Waals surface area contributed by atoms with Crippen molar-refractivity contribution in [2.75, 3.05) is 7.11 Å². The Bertz CT molecular complexity index is 677. The van der Waals surface area contributed by atoms with E-state index in [0.29, 0.717) is 17.0 Å². The zero-order valence-electron chi connectivity index (χ0n) is 13.9. The topological polar surface area (TPSA) is 76.7 Å². The third-order valence-electron chi connectivity index (χ3n) is 4.49. The van der Waals surface area contributed by atoms with Gasteiger partial charge in [0.05, 0.1) is 18.7 Å². The minimum atomic E-state index is -0.553. The highest BCUT2D eigenvalue weighted by atomic mass is 16.5. The van der Waals surface area contributed by atoms with Crippen LogP contribution in [0, 0.1) is 0 Å². The maximum absolute atomic E-state index is 12.7. The van der Waals surface area contributed by atoms with Crippen molar-refractivity contribution in [3.63, 3.8) is 0 Å². The standard InChI is InChI=1S/C18H22N2O4/c1-11-15(17(21)24-13-7-3-4-8-13)16(20-18(22)19-11)12-6-5-9-14(10-12)23-2/h5-6,9-10,13,16H,3-4,7-8H2,1-2H3,(H2,19,20,22). The van der Waals surface area contributed by atoms with Crippen LogP contribution in [0.15, 0.2) is 35.5 Å². The molecule has 2 amide bonds. The summed E-state index contributed by atoms with van der Waals surface area (Å²) in [5.74, 6) is 0.293. The summed E-state index contributed by atoms with van der Waals surface area (Å²) in [7, 11) is 1.58. The molecule has 6 nitrogen and oxygen atoms in total. The zero-order chi connectivity index (χ0) is 17.1. The molecule has 0 radical (unpaired) electrons. The van der Waals surface area contributed by atoms with Crippen molar-refractivity contribution in [3.05, 3.63) is 41.1 Å². The lowest BCUT2D eigenvalue weighted by molar-refractivity contribution is -0.144. The molecule has 24 heavy (non-hydrogen) atoms. The van der Waals surface area contributed by atoms with E-state index in [1.165, 1.54) is 0 Å². The number of ether oxygens (including phenoxy) is 2. The summed E-state index contributed by atoms with van der Waals surface area (Å²) in [5, 5.41) is 5.47. The van der Waals surface area contributed by atoms with Crippen molar-refractivity contribution >= 4 is 12.0 Å². The van der Waals surface area contributed by atoms with Crippen LogP contribution in [-0.4, -0.2) is 25.2 Å². The van der Waals surface area contributed by atoms with Gasteiger partial charge in [-0.3, -0.25) is 0 Å². The highest BCUT2D eigenvalue weighted by molar-refractivity contribution is 5.95. The van der Waals surface area contributed by atoms with Crippen molar-refractivity contribution in [2.24, 2.45) is 0 Å². The largest absolute Gasteiger partial charge is 0.497 e. The van der Waals surface area contributed by atoms with Gasteiger partial charge in [-0.05, 0) is 50.3 Å². The summed E-state index contributed by atoms with van der Waals surface area (Å²) in [6.07, 6.45) is 3.96. The minimum Gasteiger partial charge on any atom is -0.497 e. The van der Waals surface area contributed by atoms with E-state index in [1.54, 1.807) is 14.0 Å². The second kappa shape index (κ2) is 6.95. The molecule has 128 valence electrons. The molecule has 3 rings (SSSR count). The SMILES string of the molecule is COc1cccc(C2NC(=O)NC(C)=C2C(=O)OC2CCCC2)c1. The Morgan fingerprint density at radius 3 is 2.71 bits per heavy atom. The highest BCUT2D eigenvalue weighted by Crippen LogP contribution is 2.31. The van der Waals surface area contributed by atoms with Gasteiger partial charge in [0.1, 0.15) is 11.9 Å². The number of methoxy groups -OCH3 is 1. The first-order valence-electron chi connectivity index (χ1n) is 8.21. The number of amides is 2. The van der Waals surface area contributed by atoms with Crippen molar-refractivity contribution in [1.82, 2.24) is 10.6 Å². The molecule has 1 aromatic rings. The van der Waals surface area contributed by atoms with Gasteiger partial charge in [0.25, 0.3) is 0 Å². The number of allylic oxidation sites excluding steroid dienone is 1. The van der Waals surface area contributed by atoms with Gasteiger partial charge in [-0.15, -0.1) is 0 Å². The molecular weight excluding hydrogens is 308 g/mol. The van der Waals surface area contributed by atoms with Gasteiger partial charge in [-0.2, -0.15) is 0 Å². The molecule has 1 atom stereocenters. The summed E-state index contributed by atoms with van der Waals surface area (Å²) in [6, 6.07) is 6.43. The monoisotopic (exact) mass is 330 g/mol. The normalized spacial score (nSPS) is 21.2. The van der Waals surface area contributed by atoms with Crippen molar-refractivity contribution in [3.8, 4) is 5.75 Å². The minimum absolute atomic E-state index is 0.0265. The van der Waals surface area contributed by atoms with Crippen LogP contribution in [0.2, 0.25) is 0 Å². The Morgan fingerprint density at radius 1 is 1.25 bits per heavy atom. The smallest absolute Gasteiger partial charge is 0.338 e. The Morgan fingerprint density at radius 2 is 2.00 bits per heavy atom. The van der Waals surface area contributed by atoms with E-state index < -0.39 is 6.04 Å². The van der Waals surface area contributed by atoms with E-state index in [2.05, 4.69) is 10.6 Å². The van der Waals surface area contributed by atoms with Gasteiger partial charge in [0, 0.05) is 5.70 Å². The molecule has 0 spiro atoms. The number of carbonyl (C=O) groups excluding carboxylic acids is 2. The van der Waals surface area contributed by atoms with E-state index in [4.69, 9.17) is 9.47 Å². The maximum Gasteiger partial charge on any atom is 0.338 e. The molecule has 6 heteroatoms. The molecule has 1 heterocycles. The van der Waals surface area contributed by atoms with Crippen LogP contribution in [0.4, 0.5) is 4.79 Å². The zero-order valence-corrected chi connectivity index (χ0v) is 13.9. The highest BCUT2D eigenvalue weighted by Gasteiger charge is 2.34. The lowest BCUT2D eigenvalue weighted by Gasteiger charge is -2.29. The van der Waals surface area contributed by atoms with Crippen molar-refractivity contribution in [2.45, 2.75) is 44.8 Å². The molecule has 1 aliphatic heterocycles. The maximum atomic E-state index is 12.7. The molecular formula is C18H22N2O4. The Hall–Kier alpha value is -2.50. The van der Waals surface area contributed by atoms with Gasteiger partial charge in [0.15, 0.2) is 0 Å². The molecule has 1 unspecified atom stereocenters. The van der Waals surface area contributed by atoms with Crippen LogP contribution < -0.4 is 15.4 Å². The molecule has 0 saturated heterocycles. The summed E-state index contributed by atoms with van der Waals surface area (Å²) in [5.41, 5.74) is 1.74. The fourth-order valence-electron chi connectivity index (χ4n) is 3.26. The third kappa shape index (κ3) is 3.37. The van der Waals surface area contributed by atoms with Gasteiger partial charge < -0.3 is 20.1 Å². The van der Waals surface area contributed by atoms with E-state index in [9.17, 15) is 9.59 Å². The average Bonchev–Trinajstić information content (AvgIpc) is 3.07. The predicted octanol–water partition coefficient (Wildman–Crippen LogP) is 2.81. The molecule has 1 saturated carbocycles. The molecule has 1 aromatic carbocycles. The first-order chi connectivity index (χ1) is 11.6. The molecule has 0 bridgehead atoms. The van der Waals surface area contributed by atoms with E-state index >= 15 is 0 Å². The quantitative estimate of drug-likeness (QED) is 0.832.